The molecule has 0 N–H and O–H groups in total. The SMILES string of the molecule is CCCCCC1CCC(C2CCC(c3ccc(OCC)cc3)CC2)CC1. The maximum absolute atomic E-state index is 5.58. The standard InChI is InChI=1S/C25H40O/c1-3-5-6-7-20-8-10-21(11-9-20)22-12-14-23(15-13-22)24-16-18-25(19-17-24)26-4-2/h16-23H,3-15H2,1-2H3. The molecule has 0 atom stereocenters. The molecule has 0 aromatic heterocycles. The van der Waals surface area contributed by atoms with Gasteiger partial charge in [-0.2, -0.15) is 0 Å². The molecular formula is C25H40O. The lowest BCUT2D eigenvalue weighted by atomic mass is 9.68. The van der Waals surface area contributed by atoms with Crippen LogP contribution in [0.15, 0.2) is 24.3 Å². The minimum Gasteiger partial charge on any atom is -0.494 e. The van der Waals surface area contributed by atoms with Gasteiger partial charge in [0.1, 0.15) is 5.75 Å². The first-order valence-electron chi connectivity index (χ1n) is 11.5. The molecule has 1 aromatic carbocycles. The zero-order valence-corrected chi connectivity index (χ0v) is 17.2. The quantitative estimate of drug-likeness (QED) is 0.433. The van der Waals surface area contributed by atoms with Crippen LogP contribution < -0.4 is 4.74 Å². The fourth-order valence-corrected chi connectivity index (χ4v) is 5.56. The van der Waals surface area contributed by atoms with E-state index in [4.69, 9.17) is 4.74 Å². The van der Waals surface area contributed by atoms with E-state index in [1.165, 1.54) is 82.6 Å². The Morgan fingerprint density at radius 1 is 0.769 bits per heavy atom. The maximum atomic E-state index is 5.58. The maximum Gasteiger partial charge on any atom is 0.119 e. The van der Waals surface area contributed by atoms with Crippen molar-refractivity contribution >= 4 is 0 Å². The molecule has 0 amide bonds. The van der Waals surface area contributed by atoms with Crippen LogP contribution in [-0.2, 0) is 0 Å². The molecule has 0 bridgehead atoms. The Labute approximate surface area is 161 Å². The van der Waals surface area contributed by atoms with Crippen molar-refractivity contribution in [3.8, 4) is 5.75 Å². The monoisotopic (exact) mass is 356 g/mol. The molecule has 2 aliphatic rings. The van der Waals surface area contributed by atoms with Crippen molar-refractivity contribution in [2.24, 2.45) is 17.8 Å². The zero-order chi connectivity index (χ0) is 18.2. The van der Waals surface area contributed by atoms with E-state index >= 15 is 0 Å². The molecule has 0 saturated heterocycles. The van der Waals surface area contributed by atoms with Crippen LogP contribution in [0.4, 0.5) is 0 Å². The predicted molar refractivity (Wildman–Crippen MR) is 112 cm³/mol. The summed E-state index contributed by atoms with van der Waals surface area (Å²) < 4.78 is 5.58. The van der Waals surface area contributed by atoms with Crippen LogP contribution in [0.5, 0.6) is 5.75 Å². The molecule has 0 heterocycles. The van der Waals surface area contributed by atoms with E-state index < -0.39 is 0 Å². The summed E-state index contributed by atoms with van der Waals surface area (Å²) in [5.74, 6) is 4.91. The van der Waals surface area contributed by atoms with Crippen molar-refractivity contribution in [2.45, 2.75) is 96.8 Å². The van der Waals surface area contributed by atoms with Gasteiger partial charge in [-0.05, 0) is 86.8 Å². The average molecular weight is 357 g/mol. The third-order valence-electron chi connectivity index (χ3n) is 7.21. The Bertz CT molecular complexity index is 489. The van der Waals surface area contributed by atoms with E-state index in [9.17, 15) is 0 Å². The molecule has 26 heavy (non-hydrogen) atoms. The van der Waals surface area contributed by atoms with Gasteiger partial charge >= 0.3 is 0 Å². The van der Waals surface area contributed by atoms with E-state index in [1.54, 1.807) is 0 Å². The molecular weight excluding hydrogens is 316 g/mol. The lowest BCUT2D eigenvalue weighted by Gasteiger charge is -2.38. The highest BCUT2D eigenvalue weighted by molar-refractivity contribution is 5.29. The smallest absolute Gasteiger partial charge is 0.119 e. The zero-order valence-electron chi connectivity index (χ0n) is 17.2. The molecule has 0 radical (unpaired) electrons. The second kappa shape index (κ2) is 10.4. The van der Waals surface area contributed by atoms with Crippen molar-refractivity contribution in [2.75, 3.05) is 6.61 Å². The van der Waals surface area contributed by atoms with Gasteiger partial charge in [-0.25, -0.2) is 0 Å². The van der Waals surface area contributed by atoms with Gasteiger partial charge < -0.3 is 4.74 Å². The molecule has 1 heteroatoms. The lowest BCUT2D eigenvalue weighted by Crippen LogP contribution is -2.25. The van der Waals surface area contributed by atoms with Crippen LogP contribution in [0.2, 0.25) is 0 Å². The second-order valence-corrected chi connectivity index (χ2v) is 8.89. The summed E-state index contributed by atoms with van der Waals surface area (Å²) in [7, 11) is 0. The van der Waals surface area contributed by atoms with Crippen molar-refractivity contribution in [1.29, 1.82) is 0 Å². The molecule has 1 nitrogen and oxygen atoms in total. The minimum atomic E-state index is 0.755. The Morgan fingerprint density at radius 2 is 1.38 bits per heavy atom. The number of hydrogen-bond acceptors (Lipinski definition) is 1. The molecule has 146 valence electrons. The molecule has 3 rings (SSSR count). The van der Waals surface area contributed by atoms with Gasteiger partial charge in [0.15, 0.2) is 0 Å². The number of unbranched alkanes of at least 4 members (excludes halogenated alkanes) is 2. The lowest BCUT2D eigenvalue weighted by molar-refractivity contribution is 0.155. The number of rotatable bonds is 8. The van der Waals surface area contributed by atoms with Crippen molar-refractivity contribution in [1.82, 2.24) is 0 Å². The highest BCUT2D eigenvalue weighted by Gasteiger charge is 2.31. The molecule has 2 saturated carbocycles. The summed E-state index contributed by atoms with van der Waals surface area (Å²) in [6, 6.07) is 8.92. The fourth-order valence-electron chi connectivity index (χ4n) is 5.56. The van der Waals surface area contributed by atoms with E-state index in [0.29, 0.717) is 0 Å². The van der Waals surface area contributed by atoms with Crippen LogP contribution in [0.1, 0.15) is 102 Å². The van der Waals surface area contributed by atoms with Gasteiger partial charge in [0.05, 0.1) is 6.61 Å². The van der Waals surface area contributed by atoms with Gasteiger partial charge in [-0.3, -0.25) is 0 Å². The van der Waals surface area contributed by atoms with Crippen molar-refractivity contribution < 1.29 is 4.74 Å². The Hall–Kier alpha value is -0.980. The first-order chi connectivity index (χ1) is 12.8. The summed E-state index contributed by atoms with van der Waals surface area (Å²) in [5.41, 5.74) is 1.53. The molecule has 1 aromatic rings. The second-order valence-electron chi connectivity index (χ2n) is 8.89. The Balaban J connectivity index is 1.40. The minimum absolute atomic E-state index is 0.755. The summed E-state index contributed by atoms with van der Waals surface area (Å²) in [5, 5.41) is 0. The molecule has 0 aliphatic heterocycles. The molecule has 0 unspecified atom stereocenters. The van der Waals surface area contributed by atoms with E-state index in [0.717, 1.165) is 36.0 Å². The van der Waals surface area contributed by atoms with Gasteiger partial charge in [0.25, 0.3) is 0 Å². The predicted octanol–water partition coefficient (Wildman–Crippen LogP) is 7.75. The van der Waals surface area contributed by atoms with Crippen LogP contribution in [-0.4, -0.2) is 6.61 Å². The summed E-state index contributed by atoms with van der Waals surface area (Å²) in [6.45, 7) is 5.12. The Morgan fingerprint density at radius 3 is 1.96 bits per heavy atom. The van der Waals surface area contributed by atoms with Crippen LogP contribution >= 0.6 is 0 Å². The highest BCUT2D eigenvalue weighted by atomic mass is 16.5. The van der Waals surface area contributed by atoms with Gasteiger partial charge in [0, 0.05) is 0 Å². The third-order valence-corrected chi connectivity index (χ3v) is 7.21. The normalized spacial score (nSPS) is 29.5. The van der Waals surface area contributed by atoms with Crippen molar-refractivity contribution in [3.63, 3.8) is 0 Å². The van der Waals surface area contributed by atoms with E-state index in [1.807, 2.05) is 6.92 Å². The van der Waals surface area contributed by atoms with Crippen LogP contribution in [0.25, 0.3) is 0 Å². The first kappa shape index (κ1) is 19.8. The third kappa shape index (κ3) is 5.51. The molecule has 2 aliphatic carbocycles. The number of benzene rings is 1. The summed E-state index contributed by atoms with van der Waals surface area (Å²) in [6.07, 6.45) is 17.6. The molecule has 0 spiro atoms. The Kier molecular flexibility index (Phi) is 7.89. The highest BCUT2D eigenvalue weighted by Crippen LogP contribution is 2.44. The summed E-state index contributed by atoms with van der Waals surface area (Å²) in [4.78, 5) is 0. The van der Waals surface area contributed by atoms with Gasteiger partial charge in [-0.15, -0.1) is 0 Å². The largest absolute Gasteiger partial charge is 0.494 e. The first-order valence-corrected chi connectivity index (χ1v) is 11.5. The topological polar surface area (TPSA) is 9.23 Å². The summed E-state index contributed by atoms with van der Waals surface area (Å²) >= 11 is 0. The van der Waals surface area contributed by atoms with Crippen LogP contribution in [0, 0.1) is 17.8 Å². The van der Waals surface area contributed by atoms with E-state index in [-0.39, 0.29) is 0 Å². The fraction of sp³-hybridized carbons (Fsp3) is 0.760. The van der Waals surface area contributed by atoms with Crippen molar-refractivity contribution in [3.05, 3.63) is 29.8 Å². The van der Waals surface area contributed by atoms with Gasteiger partial charge in [0.2, 0.25) is 0 Å². The van der Waals surface area contributed by atoms with E-state index in [2.05, 4.69) is 31.2 Å². The molecule has 2 fully saturated rings. The number of ether oxygens (including phenoxy) is 1. The number of hydrogen-bond donors (Lipinski definition) is 0. The van der Waals surface area contributed by atoms with Crippen LogP contribution in [0.3, 0.4) is 0 Å². The van der Waals surface area contributed by atoms with Gasteiger partial charge in [-0.1, -0.05) is 57.6 Å². The average Bonchev–Trinajstić information content (AvgIpc) is 2.70.